The van der Waals surface area contributed by atoms with Crippen molar-refractivity contribution in [3.05, 3.63) is 45.6 Å². The van der Waals surface area contributed by atoms with E-state index in [4.69, 9.17) is 21.4 Å². The first-order valence-electron chi connectivity index (χ1n) is 8.40. The summed E-state index contributed by atoms with van der Waals surface area (Å²) in [5.74, 6) is 1.19. The highest BCUT2D eigenvalue weighted by atomic mass is 35.5. The van der Waals surface area contributed by atoms with Crippen LogP contribution in [0.1, 0.15) is 46.6 Å². The first kappa shape index (κ1) is 16.9. The maximum absolute atomic E-state index is 12.2. The molecule has 2 unspecified atom stereocenters. The number of anilines is 1. The number of aromatic nitrogens is 2. The Bertz CT molecular complexity index is 830. The molecule has 1 amide bonds. The Balaban J connectivity index is 1.88. The van der Waals surface area contributed by atoms with Crippen molar-refractivity contribution in [2.24, 2.45) is 7.05 Å². The second-order valence-electron chi connectivity index (χ2n) is 6.51. The molecule has 2 aliphatic rings. The number of nitrogens with one attached hydrogen (secondary N) is 1. The predicted molar refractivity (Wildman–Crippen MR) is 100 cm³/mol. The zero-order chi connectivity index (χ0) is 17.6. The van der Waals surface area contributed by atoms with Crippen LogP contribution < -0.4 is 5.32 Å². The Morgan fingerprint density at radius 3 is 3.00 bits per heavy atom. The molecule has 0 radical (unpaired) electrons. The maximum atomic E-state index is 12.2. The van der Waals surface area contributed by atoms with Gasteiger partial charge in [0.1, 0.15) is 11.9 Å². The predicted octanol–water partition coefficient (Wildman–Crippen LogP) is 4.01. The lowest BCUT2D eigenvalue weighted by Crippen LogP contribution is -2.15. The molecule has 0 spiro atoms. The number of nitrogens with zero attached hydrogens (tertiary/aromatic N) is 2. The third-order valence-corrected chi connectivity index (χ3v) is 6.25. The Kier molecular flexibility index (Phi) is 4.52. The van der Waals surface area contributed by atoms with E-state index in [9.17, 15) is 4.79 Å². The molecule has 1 aromatic carbocycles. The number of aryl methyl sites for hydroxylation is 2. The smallest absolute Gasteiger partial charge is 0.235 e. The van der Waals surface area contributed by atoms with E-state index in [0.717, 1.165) is 47.1 Å². The van der Waals surface area contributed by atoms with Gasteiger partial charge in [-0.3, -0.25) is 9.48 Å². The molecule has 2 aromatic rings. The van der Waals surface area contributed by atoms with E-state index in [0.29, 0.717) is 5.75 Å². The number of carbonyl (C=O) groups is 1. The van der Waals surface area contributed by atoms with Gasteiger partial charge in [-0.2, -0.15) is 5.10 Å². The monoisotopic (exact) mass is 377 g/mol. The molecule has 1 fully saturated rings. The fourth-order valence-electron chi connectivity index (χ4n) is 3.59. The van der Waals surface area contributed by atoms with E-state index in [1.165, 1.54) is 5.56 Å². The molecule has 0 aliphatic carbocycles. The minimum atomic E-state index is 0.000610. The van der Waals surface area contributed by atoms with Crippen LogP contribution in [0.2, 0.25) is 5.02 Å². The first-order valence-corrected chi connectivity index (χ1v) is 9.83. The van der Waals surface area contributed by atoms with Crippen LogP contribution in [0.15, 0.2) is 18.2 Å². The summed E-state index contributed by atoms with van der Waals surface area (Å²) in [5, 5.41) is 8.48. The number of thioether (sulfide) groups is 1. The lowest BCUT2D eigenvalue weighted by molar-refractivity contribution is -0.113. The Hall–Kier alpha value is -1.50. The lowest BCUT2D eigenvalue weighted by Gasteiger charge is -2.20. The third kappa shape index (κ3) is 3.07. The van der Waals surface area contributed by atoms with Crippen LogP contribution in [-0.2, 0) is 16.6 Å². The molecule has 1 saturated heterocycles. The van der Waals surface area contributed by atoms with Gasteiger partial charge in [0.05, 0.1) is 16.7 Å². The summed E-state index contributed by atoms with van der Waals surface area (Å²) < 4.78 is 7.67. The molecule has 0 bridgehead atoms. The minimum Gasteiger partial charge on any atom is -0.372 e. The van der Waals surface area contributed by atoms with Gasteiger partial charge < -0.3 is 10.1 Å². The summed E-state index contributed by atoms with van der Waals surface area (Å²) in [6.07, 6.45) is 2.01. The van der Waals surface area contributed by atoms with E-state index in [1.54, 1.807) is 16.4 Å². The first-order chi connectivity index (χ1) is 12.0. The SMILES string of the molecule is Cc1cc(Cl)ccc1C1SCC(=O)Nc2c1c(C1CCCO1)nn2C. The number of rotatable bonds is 2. The molecule has 2 aliphatic heterocycles. The van der Waals surface area contributed by atoms with Crippen molar-refractivity contribution in [3.63, 3.8) is 0 Å². The number of carbonyl (C=O) groups excluding carboxylic acids is 1. The van der Waals surface area contributed by atoms with Gasteiger partial charge in [-0.15, -0.1) is 11.8 Å². The molecule has 1 aromatic heterocycles. The van der Waals surface area contributed by atoms with Gasteiger partial charge >= 0.3 is 0 Å². The zero-order valence-electron chi connectivity index (χ0n) is 14.2. The van der Waals surface area contributed by atoms with Crippen molar-refractivity contribution in [1.29, 1.82) is 0 Å². The van der Waals surface area contributed by atoms with Crippen molar-refractivity contribution in [2.45, 2.75) is 31.1 Å². The molecule has 4 rings (SSSR count). The van der Waals surface area contributed by atoms with E-state index in [2.05, 4.69) is 18.3 Å². The largest absolute Gasteiger partial charge is 0.372 e. The van der Waals surface area contributed by atoms with E-state index in [-0.39, 0.29) is 17.3 Å². The molecule has 1 N–H and O–H groups in total. The topological polar surface area (TPSA) is 56.1 Å². The number of ether oxygens (including phenoxy) is 1. The summed E-state index contributed by atoms with van der Waals surface area (Å²) in [7, 11) is 1.87. The summed E-state index contributed by atoms with van der Waals surface area (Å²) >= 11 is 7.77. The van der Waals surface area contributed by atoms with Gasteiger partial charge in [0.15, 0.2) is 0 Å². The standard InChI is InChI=1S/C18H20ClN3O2S/c1-10-8-11(19)5-6-12(10)17-15-16(13-4-3-7-24-13)21-22(2)18(15)20-14(23)9-25-17/h5-6,8,13,17H,3-4,7,9H2,1-2H3,(H,20,23). The van der Waals surface area contributed by atoms with Gasteiger partial charge in [0.2, 0.25) is 5.91 Å². The molecule has 132 valence electrons. The summed E-state index contributed by atoms with van der Waals surface area (Å²) in [6.45, 7) is 2.82. The molecule has 5 nitrogen and oxygen atoms in total. The van der Waals surface area contributed by atoms with Crippen molar-refractivity contribution < 1.29 is 9.53 Å². The van der Waals surface area contributed by atoms with Crippen LogP contribution in [0.3, 0.4) is 0 Å². The van der Waals surface area contributed by atoms with Crippen LogP contribution in [0.4, 0.5) is 5.82 Å². The highest BCUT2D eigenvalue weighted by Crippen LogP contribution is 2.47. The van der Waals surface area contributed by atoms with Gasteiger partial charge in [0.25, 0.3) is 0 Å². The van der Waals surface area contributed by atoms with E-state index < -0.39 is 0 Å². The molecular weight excluding hydrogens is 358 g/mol. The number of fused-ring (bicyclic) bond motifs is 1. The Morgan fingerprint density at radius 2 is 2.28 bits per heavy atom. The van der Waals surface area contributed by atoms with Crippen LogP contribution >= 0.6 is 23.4 Å². The quantitative estimate of drug-likeness (QED) is 0.859. The summed E-state index contributed by atoms with van der Waals surface area (Å²) in [6, 6.07) is 5.94. The highest BCUT2D eigenvalue weighted by Gasteiger charge is 2.35. The van der Waals surface area contributed by atoms with Crippen molar-refractivity contribution in [1.82, 2.24) is 9.78 Å². The third-order valence-electron chi connectivity index (χ3n) is 4.76. The molecule has 7 heteroatoms. The van der Waals surface area contributed by atoms with E-state index in [1.807, 2.05) is 19.2 Å². The second-order valence-corrected chi connectivity index (χ2v) is 8.04. The second kappa shape index (κ2) is 6.67. The highest BCUT2D eigenvalue weighted by molar-refractivity contribution is 8.00. The molecule has 25 heavy (non-hydrogen) atoms. The zero-order valence-corrected chi connectivity index (χ0v) is 15.8. The Morgan fingerprint density at radius 1 is 1.44 bits per heavy atom. The Labute approximate surface area is 156 Å². The number of amides is 1. The number of hydrogen-bond donors (Lipinski definition) is 1. The van der Waals surface area contributed by atoms with Crippen LogP contribution in [0.5, 0.6) is 0 Å². The van der Waals surface area contributed by atoms with E-state index >= 15 is 0 Å². The average molecular weight is 378 g/mol. The van der Waals surface area contributed by atoms with Gasteiger partial charge in [0, 0.05) is 24.2 Å². The summed E-state index contributed by atoms with van der Waals surface area (Å²) in [5.41, 5.74) is 4.30. The fourth-order valence-corrected chi connectivity index (χ4v) is 5.05. The number of halogens is 1. The maximum Gasteiger partial charge on any atom is 0.235 e. The van der Waals surface area contributed by atoms with Crippen LogP contribution in [0, 0.1) is 6.92 Å². The van der Waals surface area contributed by atoms with Gasteiger partial charge in [-0.1, -0.05) is 17.7 Å². The van der Waals surface area contributed by atoms with Crippen molar-refractivity contribution >= 4 is 35.1 Å². The number of hydrogen-bond acceptors (Lipinski definition) is 4. The van der Waals surface area contributed by atoms with Crippen molar-refractivity contribution in [2.75, 3.05) is 17.7 Å². The van der Waals surface area contributed by atoms with Gasteiger partial charge in [-0.25, -0.2) is 0 Å². The molecular formula is C18H20ClN3O2S. The summed E-state index contributed by atoms with van der Waals surface area (Å²) in [4.78, 5) is 12.2. The molecule has 2 atom stereocenters. The fraction of sp³-hybridized carbons (Fsp3) is 0.444. The average Bonchev–Trinajstić information content (AvgIpc) is 3.15. The normalized spacial score (nSPS) is 23.2. The lowest BCUT2D eigenvalue weighted by atomic mass is 9.97. The molecule has 0 saturated carbocycles. The van der Waals surface area contributed by atoms with Crippen LogP contribution in [-0.4, -0.2) is 28.0 Å². The van der Waals surface area contributed by atoms with Crippen molar-refractivity contribution in [3.8, 4) is 0 Å². The minimum absolute atomic E-state index is 0.000610. The molecule has 3 heterocycles. The van der Waals surface area contributed by atoms with Crippen LogP contribution in [0.25, 0.3) is 0 Å². The number of benzene rings is 1. The van der Waals surface area contributed by atoms with Gasteiger partial charge in [-0.05, 0) is 43.0 Å².